The van der Waals surface area contributed by atoms with E-state index in [4.69, 9.17) is 4.74 Å². The molecule has 96 valence electrons. The van der Waals surface area contributed by atoms with E-state index in [1.165, 1.54) is 16.0 Å². The van der Waals surface area contributed by atoms with Gasteiger partial charge in [-0.25, -0.2) is 0 Å². The van der Waals surface area contributed by atoms with Gasteiger partial charge in [0.1, 0.15) is 5.75 Å². The van der Waals surface area contributed by atoms with E-state index < -0.39 is 0 Å². The lowest BCUT2D eigenvalue weighted by Crippen LogP contribution is -2.02. The van der Waals surface area contributed by atoms with Gasteiger partial charge in [-0.1, -0.05) is 19.1 Å². The van der Waals surface area contributed by atoms with E-state index in [0.29, 0.717) is 0 Å². The molecule has 0 spiro atoms. The fourth-order valence-electron chi connectivity index (χ4n) is 1.76. The summed E-state index contributed by atoms with van der Waals surface area (Å²) < 4.78 is 5.58. The van der Waals surface area contributed by atoms with Crippen molar-refractivity contribution in [2.45, 2.75) is 19.9 Å². The zero-order valence-electron chi connectivity index (χ0n) is 10.9. The van der Waals surface area contributed by atoms with Gasteiger partial charge in [-0.15, -0.1) is 11.3 Å². The van der Waals surface area contributed by atoms with E-state index in [9.17, 15) is 0 Å². The van der Waals surface area contributed by atoms with E-state index in [2.05, 4.69) is 35.8 Å². The van der Waals surface area contributed by atoms with Crippen LogP contribution in [0.1, 0.15) is 18.2 Å². The van der Waals surface area contributed by atoms with E-state index in [1.54, 1.807) is 11.3 Å². The first-order valence-corrected chi connectivity index (χ1v) is 7.16. The molecule has 2 aromatic rings. The first-order chi connectivity index (χ1) is 8.83. The summed E-state index contributed by atoms with van der Waals surface area (Å²) in [4.78, 5) is 1.36. The van der Waals surface area contributed by atoms with Crippen LogP contribution in [0.4, 0.5) is 0 Å². The fraction of sp³-hybridized carbons (Fsp3) is 0.333. The van der Waals surface area contributed by atoms with Crippen molar-refractivity contribution in [2.75, 3.05) is 13.7 Å². The average molecular weight is 261 g/mol. The fourth-order valence-corrected chi connectivity index (χ4v) is 2.67. The Morgan fingerprint density at radius 1 is 1.17 bits per heavy atom. The lowest BCUT2D eigenvalue weighted by Gasteiger charge is -2.05. The molecule has 2 rings (SSSR count). The summed E-state index contributed by atoms with van der Waals surface area (Å²) in [7, 11) is 1.97. The van der Waals surface area contributed by atoms with Gasteiger partial charge in [-0.2, -0.15) is 0 Å². The van der Waals surface area contributed by atoms with Crippen molar-refractivity contribution in [3.63, 3.8) is 0 Å². The first kappa shape index (κ1) is 13.1. The van der Waals surface area contributed by atoms with Crippen LogP contribution in [-0.4, -0.2) is 13.7 Å². The van der Waals surface area contributed by atoms with Gasteiger partial charge in [0.15, 0.2) is 0 Å². The van der Waals surface area contributed by atoms with E-state index >= 15 is 0 Å². The zero-order chi connectivity index (χ0) is 12.8. The van der Waals surface area contributed by atoms with Crippen LogP contribution in [0.25, 0.3) is 11.1 Å². The monoisotopic (exact) mass is 261 g/mol. The van der Waals surface area contributed by atoms with Crippen molar-refractivity contribution >= 4 is 11.3 Å². The zero-order valence-corrected chi connectivity index (χ0v) is 11.7. The summed E-state index contributed by atoms with van der Waals surface area (Å²) in [6.07, 6.45) is 1.04. The van der Waals surface area contributed by atoms with Gasteiger partial charge in [-0.05, 0) is 48.2 Å². The van der Waals surface area contributed by atoms with Gasteiger partial charge in [-0.3, -0.25) is 0 Å². The Balaban J connectivity index is 2.07. The molecule has 0 amide bonds. The van der Waals surface area contributed by atoms with E-state index in [0.717, 1.165) is 25.3 Å². The van der Waals surface area contributed by atoms with E-state index in [1.807, 2.05) is 19.2 Å². The minimum Gasteiger partial charge on any atom is -0.494 e. The Morgan fingerprint density at radius 3 is 2.61 bits per heavy atom. The SMILES string of the molecule is CCCOc1ccc(-c2csc(CNC)c2)cc1. The number of ether oxygens (including phenoxy) is 1. The molecule has 18 heavy (non-hydrogen) atoms. The maximum absolute atomic E-state index is 5.58. The molecular weight excluding hydrogens is 242 g/mol. The molecule has 0 fully saturated rings. The highest BCUT2D eigenvalue weighted by atomic mass is 32.1. The highest BCUT2D eigenvalue weighted by Gasteiger charge is 2.02. The van der Waals surface area contributed by atoms with Crippen LogP contribution >= 0.6 is 11.3 Å². The second-order valence-corrected chi connectivity index (χ2v) is 5.20. The third-order valence-electron chi connectivity index (χ3n) is 2.67. The van der Waals surface area contributed by atoms with Crippen LogP contribution in [0.2, 0.25) is 0 Å². The minimum absolute atomic E-state index is 0.782. The topological polar surface area (TPSA) is 21.3 Å². The summed E-state index contributed by atoms with van der Waals surface area (Å²) in [6, 6.07) is 10.6. The quantitative estimate of drug-likeness (QED) is 0.851. The molecule has 0 atom stereocenters. The molecule has 0 saturated carbocycles. The van der Waals surface area contributed by atoms with Gasteiger partial charge in [0.05, 0.1) is 6.61 Å². The predicted octanol–water partition coefficient (Wildman–Crippen LogP) is 3.92. The van der Waals surface area contributed by atoms with E-state index in [-0.39, 0.29) is 0 Å². The van der Waals surface area contributed by atoms with Crippen LogP contribution in [0.15, 0.2) is 35.7 Å². The second-order valence-electron chi connectivity index (χ2n) is 4.20. The first-order valence-electron chi connectivity index (χ1n) is 6.28. The molecule has 1 aromatic heterocycles. The maximum Gasteiger partial charge on any atom is 0.119 e. The molecule has 0 aliphatic rings. The van der Waals surface area contributed by atoms with Crippen molar-refractivity contribution in [1.29, 1.82) is 0 Å². The van der Waals surface area contributed by atoms with Gasteiger partial charge in [0, 0.05) is 11.4 Å². The Hall–Kier alpha value is -1.32. The number of hydrogen-bond donors (Lipinski definition) is 1. The van der Waals surface area contributed by atoms with Crippen LogP contribution < -0.4 is 10.1 Å². The number of rotatable bonds is 6. The number of thiophene rings is 1. The standard InChI is InChI=1S/C15H19NOS/c1-3-8-17-14-6-4-12(5-7-14)13-9-15(10-16-2)18-11-13/h4-7,9,11,16H,3,8,10H2,1-2H3. The second kappa shape index (κ2) is 6.57. The molecule has 1 N–H and O–H groups in total. The summed E-state index contributed by atoms with van der Waals surface area (Å²) in [6.45, 7) is 3.83. The molecule has 1 aromatic carbocycles. The molecule has 0 unspecified atom stereocenters. The van der Waals surface area contributed by atoms with Crippen molar-refractivity contribution in [3.05, 3.63) is 40.6 Å². The number of hydrogen-bond acceptors (Lipinski definition) is 3. The third-order valence-corrected chi connectivity index (χ3v) is 3.60. The molecule has 3 heteroatoms. The lowest BCUT2D eigenvalue weighted by atomic mass is 10.1. The highest BCUT2D eigenvalue weighted by Crippen LogP contribution is 2.27. The summed E-state index contributed by atoms with van der Waals surface area (Å²) in [5.41, 5.74) is 2.53. The molecule has 0 saturated heterocycles. The summed E-state index contributed by atoms with van der Waals surface area (Å²) in [5, 5.41) is 5.37. The van der Waals surface area contributed by atoms with Gasteiger partial charge < -0.3 is 10.1 Å². The maximum atomic E-state index is 5.58. The molecule has 0 bridgehead atoms. The highest BCUT2D eigenvalue weighted by molar-refractivity contribution is 7.10. The normalized spacial score (nSPS) is 10.6. The minimum atomic E-state index is 0.782. The van der Waals surface area contributed by atoms with Crippen molar-refractivity contribution < 1.29 is 4.74 Å². The van der Waals surface area contributed by atoms with Crippen molar-refractivity contribution in [1.82, 2.24) is 5.32 Å². The third kappa shape index (κ3) is 3.34. The molecular formula is C15H19NOS. The van der Waals surface area contributed by atoms with Crippen LogP contribution in [0.5, 0.6) is 5.75 Å². The lowest BCUT2D eigenvalue weighted by molar-refractivity contribution is 0.317. The van der Waals surface area contributed by atoms with Crippen molar-refractivity contribution in [3.8, 4) is 16.9 Å². The Kier molecular flexibility index (Phi) is 4.79. The van der Waals surface area contributed by atoms with Crippen LogP contribution in [0, 0.1) is 0 Å². The van der Waals surface area contributed by atoms with Gasteiger partial charge in [0.2, 0.25) is 0 Å². The molecule has 2 nitrogen and oxygen atoms in total. The smallest absolute Gasteiger partial charge is 0.119 e. The summed E-state index contributed by atoms with van der Waals surface area (Å²) >= 11 is 1.79. The molecule has 0 radical (unpaired) electrons. The Bertz CT molecular complexity index is 475. The molecule has 1 heterocycles. The number of benzene rings is 1. The number of nitrogens with one attached hydrogen (secondary N) is 1. The van der Waals surface area contributed by atoms with Crippen LogP contribution in [0.3, 0.4) is 0 Å². The van der Waals surface area contributed by atoms with Gasteiger partial charge >= 0.3 is 0 Å². The van der Waals surface area contributed by atoms with Gasteiger partial charge in [0.25, 0.3) is 0 Å². The van der Waals surface area contributed by atoms with Crippen LogP contribution in [-0.2, 0) is 6.54 Å². The largest absolute Gasteiger partial charge is 0.494 e. The summed E-state index contributed by atoms with van der Waals surface area (Å²) in [5.74, 6) is 0.950. The Labute approximate surface area is 113 Å². The Morgan fingerprint density at radius 2 is 1.94 bits per heavy atom. The molecule has 0 aliphatic heterocycles. The average Bonchev–Trinajstić information content (AvgIpc) is 2.86. The van der Waals surface area contributed by atoms with Crippen molar-refractivity contribution in [2.24, 2.45) is 0 Å². The predicted molar refractivity (Wildman–Crippen MR) is 78.3 cm³/mol. The molecule has 0 aliphatic carbocycles.